The summed E-state index contributed by atoms with van der Waals surface area (Å²) in [7, 11) is 0. The molecule has 3 N–H and O–H groups in total. The molecule has 0 atom stereocenters. The number of nitrogens with two attached hydrogens (primary N) is 1. The van der Waals surface area contributed by atoms with E-state index in [-0.39, 0.29) is 24.3 Å². The average Bonchev–Trinajstić information content (AvgIpc) is 3.12. The number of anilines is 1. The zero-order valence-electron chi connectivity index (χ0n) is 18.4. The first-order valence-corrected chi connectivity index (χ1v) is 10.8. The highest BCUT2D eigenvalue weighted by Gasteiger charge is 2.29. The van der Waals surface area contributed by atoms with E-state index in [4.69, 9.17) is 33.8 Å². The van der Waals surface area contributed by atoms with E-state index in [0.717, 1.165) is 0 Å². The summed E-state index contributed by atoms with van der Waals surface area (Å²) >= 11 is 12.4. The number of halogens is 2. The van der Waals surface area contributed by atoms with Gasteiger partial charge in [-0.05, 0) is 45.0 Å². The van der Waals surface area contributed by atoms with Crippen molar-refractivity contribution in [3.8, 4) is 16.9 Å². The van der Waals surface area contributed by atoms with Gasteiger partial charge < -0.3 is 14.9 Å². The minimum Gasteiger partial charge on any atom is -0.476 e. The summed E-state index contributed by atoms with van der Waals surface area (Å²) in [6.45, 7) is 5.30. The van der Waals surface area contributed by atoms with Crippen molar-refractivity contribution in [1.29, 1.82) is 0 Å². The van der Waals surface area contributed by atoms with Crippen molar-refractivity contribution < 1.29 is 19.4 Å². The number of aromatic carboxylic acids is 1. The smallest absolute Gasteiger partial charge is 0.358 e. The highest BCUT2D eigenvalue weighted by atomic mass is 35.5. The Bertz CT molecular complexity index is 1170. The highest BCUT2D eigenvalue weighted by Crippen LogP contribution is 2.37. The lowest BCUT2D eigenvalue weighted by Gasteiger charge is -2.23. The molecule has 0 radical (unpaired) electrons. The first-order chi connectivity index (χ1) is 15.5. The third-order valence-corrected chi connectivity index (χ3v) is 5.10. The van der Waals surface area contributed by atoms with E-state index >= 15 is 0 Å². The fourth-order valence-electron chi connectivity index (χ4n) is 3.21. The summed E-state index contributed by atoms with van der Waals surface area (Å²) in [5.74, 6) is 4.56. The molecule has 0 aliphatic rings. The lowest BCUT2D eigenvalue weighted by Crippen LogP contribution is -2.35. The van der Waals surface area contributed by atoms with Crippen LogP contribution in [0.5, 0.6) is 0 Å². The normalized spacial score (nSPS) is 11.3. The van der Waals surface area contributed by atoms with Crippen LogP contribution in [0.3, 0.4) is 0 Å². The molecular weight excluding hydrogens is 467 g/mol. The summed E-state index contributed by atoms with van der Waals surface area (Å²) < 4.78 is 6.76. The van der Waals surface area contributed by atoms with Crippen molar-refractivity contribution in [1.82, 2.24) is 9.78 Å². The third-order valence-electron chi connectivity index (χ3n) is 4.53. The molecule has 0 aliphatic heterocycles. The van der Waals surface area contributed by atoms with Crippen LogP contribution in [0.15, 0.2) is 48.5 Å². The monoisotopic (exact) mass is 490 g/mol. The van der Waals surface area contributed by atoms with E-state index in [1.54, 1.807) is 69.3 Å². The number of carbonyl (C=O) groups excluding carboxylic acids is 1. The third kappa shape index (κ3) is 5.84. The molecule has 33 heavy (non-hydrogen) atoms. The largest absolute Gasteiger partial charge is 0.476 e. The molecule has 0 saturated heterocycles. The van der Waals surface area contributed by atoms with Gasteiger partial charge in [-0.1, -0.05) is 47.5 Å². The van der Waals surface area contributed by atoms with Crippen molar-refractivity contribution in [2.24, 2.45) is 5.84 Å². The average molecular weight is 491 g/mol. The molecule has 0 bridgehead atoms. The summed E-state index contributed by atoms with van der Waals surface area (Å²) in [5.41, 5.74) is 0.677. The summed E-state index contributed by atoms with van der Waals surface area (Å²) in [6, 6.07) is 13.7. The molecule has 1 heterocycles. The Morgan fingerprint density at radius 2 is 1.76 bits per heavy atom. The summed E-state index contributed by atoms with van der Waals surface area (Å²) in [6.07, 6.45) is -0.0514. The number of carbonyl (C=O) groups is 2. The van der Waals surface area contributed by atoms with Crippen LogP contribution < -0.4 is 10.9 Å². The molecule has 0 amide bonds. The van der Waals surface area contributed by atoms with E-state index in [0.29, 0.717) is 27.0 Å². The molecule has 0 spiro atoms. The van der Waals surface area contributed by atoms with E-state index < -0.39 is 17.5 Å². The van der Waals surface area contributed by atoms with Gasteiger partial charge in [0.25, 0.3) is 0 Å². The lowest BCUT2D eigenvalue weighted by molar-refractivity contribution is -0.154. The molecule has 0 saturated carbocycles. The van der Waals surface area contributed by atoms with Gasteiger partial charge >= 0.3 is 11.9 Å². The molecule has 1 aromatic heterocycles. The fourth-order valence-corrected chi connectivity index (χ4v) is 3.55. The van der Waals surface area contributed by atoms with E-state index in [9.17, 15) is 14.7 Å². The quantitative estimate of drug-likeness (QED) is 0.273. The van der Waals surface area contributed by atoms with Gasteiger partial charge in [-0.15, -0.1) is 0 Å². The number of esters is 1. The van der Waals surface area contributed by atoms with Crippen LogP contribution in [0, 0.1) is 0 Å². The fraction of sp³-hybridized carbons (Fsp3) is 0.261. The Kier molecular flexibility index (Phi) is 7.31. The molecule has 8 nitrogen and oxygen atoms in total. The molecule has 3 rings (SSSR count). The molecule has 3 aromatic rings. The van der Waals surface area contributed by atoms with Crippen LogP contribution in [-0.4, -0.2) is 39.0 Å². The molecule has 0 unspecified atom stereocenters. The zero-order chi connectivity index (χ0) is 24.3. The molecule has 10 heteroatoms. The Hall–Kier alpha value is -3.07. The van der Waals surface area contributed by atoms with E-state index in [1.165, 1.54) is 9.69 Å². The molecular formula is C23H24Cl2N4O4. The SMILES string of the molecule is CC(C)(C)OC(=O)CCN(N)c1c(C(=O)O)nn(-c2ccccc2Cl)c1-c1ccc(Cl)cc1. The lowest BCUT2D eigenvalue weighted by atomic mass is 10.1. The minimum absolute atomic E-state index is 0.00397. The van der Waals surface area contributed by atoms with Crippen LogP contribution in [0.25, 0.3) is 16.9 Å². The number of benzene rings is 2. The van der Waals surface area contributed by atoms with Gasteiger partial charge in [0, 0.05) is 17.1 Å². The van der Waals surface area contributed by atoms with Crippen LogP contribution in [-0.2, 0) is 9.53 Å². The number of carboxylic acids is 1. The maximum absolute atomic E-state index is 12.2. The Morgan fingerprint density at radius 3 is 2.33 bits per heavy atom. The number of carboxylic acid groups (broad SMARTS) is 1. The van der Waals surface area contributed by atoms with Gasteiger partial charge in [0.15, 0.2) is 5.69 Å². The maximum atomic E-state index is 12.2. The van der Waals surface area contributed by atoms with Gasteiger partial charge in [-0.25, -0.2) is 15.3 Å². The van der Waals surface area contributed by atoms with Gasteiger partial charge in [-0.3, -0.25) is 4.79 Å². The van der Waals surface area contributed by atoms with Crippen molar-refractivity contribution >= 4 is 40.8 Å². The van der Waals surface area contributed by atoms with Crippen molar-refractivity contribution in [3.63, 3.8) is 0 Å². The number of hydrazine groups is 1. The second kappa shape index (κ2) is 9.82. The summed E-state index contributed by atoms with van der Waals surface area (Å²) in [5, 5.41) is 16.3. The van der Waals surface area contributed by atoms with Gasteiger partial charge in [0.2, 0.25) is 0 Å². The second-order valence-corrected chi connectivity index (χ2v) is 9.09. The Labute approximate surface area is 201 Å². The number of ether oxygens (including phenoxy) is 1. The van der Waals surface area contributed by atoms with Crippen LogP contribution in [0.2, 0.25) is 10.0 Å². The van der Waals surface area contributed by atoms with Gasteiger partial charge in [-0.2, -0.15) is 5.10 Å². The van der Waals surface area contributed by atoms with Crippen LogP contribution in [0.1, 0.15) is 37.7 Å². The first-order valence-electron chi connectivity index (χ1n) is 10.1. The number of para-hydroxylation sites is 1. The Balaban J connectivity index is 2.13. The Morgan fingerprint density at radius 1 is 1.12 bits per heavy atom. The molecule has 174 valence electrons. The molecule has 0 aliphatic carbocycles. The van der Waals surface area contributed by atoms with Crippen LogP contribution in [0.4, 0.5) is 5.69 Å². The van der Waals surface area contributed by atoms with Gasteiger partial charge in [0.05, 0.1) is 22.8 Å². The second-order valence-electron chi connectivity index (χ2n) is 8.25. The zero-order valence-corrected chi connectivity index (χ0v) is 19.9. The summed E-state index contributed by atoms with van der Waals surface area (Å²) in [4.78, 5) is 24.3. The van der Waals surface area contributed by atoms with Crippen molar-refractivity contribution in [2.45, 2.75) is 32.8 Å². The number of hydrogen-bond acceptors (Lipinski definition) is 6. The number of hydrogen-bond donors (Lipinski definition) is 2. The van der Waals surface area contributed by atoms with E-state index in [1.807, 2.05) is 0 Å². The maximum Gasteiger partial charge on any atom is 0.358 e. The van der Waals surface area contributed by atoms with Crippen LogP contribution >= 0.6 is 23.2 Å². The topological polar surface area (TPSA) is 111 Å². The van der Waals surface area contributed by atoms with E-state index in [2.05, 4.69) is 5.10 Å². The number of nitrogens with zero attached hydrogens (tertiary/aromatic N) is 3. The minimum atomic E-state index is -1.28. The predicted molar refractivity (Wildman–Crippen MR) is 128 cm³/mol. The highest BCUT2D eigenvalue weighted by molar-refractivity contribution is 6.32. The molecule has 2 aromatic carbocycles. The molecule has 0 fully saturated rings. The predicted octanol–water partition coefficient (Wildman–Crippen LogP) is 4.96. The van der Waals surface area contributed by atoms with Gasteiger partial charge in [0.1, 0.15) is 11.3 Å². The van der Waals surface area contributed by atoms with Crippen molar-refractivity contribution in [3.05, 3.63) is 64.3 Å². The first kappa shape index (κ1) is 24.6. The standard InChI is InChI=1S/C23H24Cl2N4O4/c1-23(2,3)33-18(30)12-13-28(26)21-19(22(31)32)27-29(17-7-5-4-6-16(17)25)20(21)14-8-10-15(24)11-9-14/h4-11H,12-13,26H2,1-3H3,(H,31,32). The van der Waals surface area contributed by atoms with Crippen molar-refractivity contribution in [2.75, 3.05) is 11.6 Å². The number of rotatable bonds is 7. The number of aromatic nitrogens is 2.